The summed E-state index contributed by atoms with van der Waals surface area (Å²) >= 11 is 0. The number of carbonyl (C=O) groups is 2. The van der Waals surface area contributed by atoms with Gasteiger partial charge in [-0.3, -0.25) is 0 Å². The average molecular weight is 591 g/mol. The lowest BCUT2D eigenvalue weighted by Gasteiger charge is -2.07. The molecule has 0 amide bonds. The third-order valence-electron chi connectivity index (χ3n) is 5.04. The normalized spacial score (nSPS) is 11.0. The zero-order valence-corrected chi connectivity index (χ0v) is 24.2. The molecule has 0 saturated heterocycles. The van der Waals surface area contributed by atoms with Crippen LogP contribution in [0.2, 0.25) is 0 Å². The number of hydrogen-bond donors (Lipinski definition) is 5. The Morgan fingerprint density at radius 1 is 0.643 bits per heavy atom. The first-order valence-corrected chi connectivity index (χ1v) is 14.5. The second kappa shape index (κ2) is 20.8. The molecule has 5 N–H and O–H groups in total. The summed E-state index contributed by atoms with van der Waals surface area (Å²) < 4.78 is 0. The van der Waals surface area contributed by atoms with Crippen molar-refractivity contribution in [3.05, 3.63) is 144 Å². The highest BCUT2D eigenvalue weighted by Crippen LogP contribution is 2.26. The Balaban J connectivity index is 0.000000271. The number of carboxylic acid groups (broad SMARTS) is 2. The molecule has 4 aromatic rings. The van der Waals surface area contributed by atoms with Crippen LogP contribution in [-0.2, 0) is 0 Å². The van der Waals surface area contributed by atoms with Gasteiger partial charge >= 0.3 is 11.9 Å². The molecule has 0 heterocycles. The lowest BCUT2D eigenvalue weighted by atomic mass is 10.1. The summed E-state index contributed by atoms with van der Waals surface area (Å²) in [7, 11) is 0.597. The molecule has 0 radical (unpaired) electrons. The van der Waals surface area contributed by atoms with E-state index in [4.69, 9.17) is 25.5 Å². The predicted octanol–water partition coefficient (Wildman–Crippen LogP) is 6.59. The van der Waals surface area contributed by atoms with Gasteiger partial charge in [-0.25, -0.2) is 9.59 Å². The predicted molar refractivity (Wildman–Crippen MR) is 166 cm³/mol. The van der Waals surface area contributed by atoms with E-state index in [2.05, 4.69) is 24.9 Å². The van der Waals surface area contributed by atoms with Crippen LogP contribution >= 0.6 is 8.58 Å². The molecule has 42 heavy (non-hydrogen) atoms. The van der Waals surface area contributed by atoms with Crippen LogP contribution in [0.15, 0.2) is 133 Å². The van der Waals surface area contributed by atoms with Crippen molar-refractivity contribution in [3.8, 4) is 23.0 Å². The minimum Gasteiger partial charge on any atom is -0.872 e. The minimum atomic E-state index is -1.32. The standard InChI is InChI=1S/C8H6O5.C7H11P.C6H6O3.2C6H6/c9-6-2-4(7(10)11)1-5(3-6)8(12)13;1-8-7-5-3-2-4-6-7;7-4-1-5(8)3-6(9)2-4;2*1-2-4-6-5-3-1/h1-3,9H,(H,10,11)(H,12,13);2-3,5,8H,4,6H2,1H3;1-3,7-9H;2*1-6H. The Bertz CT molecular complexity index is 1240. The fraction of sp³-hybridized carbons (Fsp3) is 0.0909. The van der Waals surface area contributed by atoms with Crippen molar-refractivity contribution in [2.45, 2.75) is 12.8 Å². The van der Waals surface area contributed by atoms with Crippen molar-refractivity contribution in [1.82, 2.24) is 0 Å². The molecule has 220 valence electrons. The number of benzene rings is 4. The molecule has 1 atom stereocenters. The number of carboxylic acids is 2. The summed E-state index contributed by atoms with van der Waals surface area (Å²) in [5, 5.41) is 55.5. The van der Waals surface area contributed by atoms with E-state index in [0.717, 1.165) is 36.4 Å². The Morgan fingerprint density at radius 2 is 1.00 bits per heavy atom. The molecule has 5 rings (SSSR count). The monoisotopic (exact) mass is 590 g/mol. The quantitative estimate of drug-likeness (QED) is 0.167. The summed E-state index contributed by atoms with van der Waals surface area (Å²) in [6.45, 7) is 2.30. The topological polar surface area (TPSA) is 158 Å². The second-order valence-electron chi connectivity index (χ2n) is 8.37. The minimum absolute atomic E-state index is 0.146. The van der Waals surface area contributed by atoms with Gasteiger partial charge in [-0.2, -0.15) is 0 Å². The van der Waals surface area contributed by atoms with E-state index < -0.39 is 17.7 Å². The molecule has 9 heteroatoms. The average Bonchev–Trinajstić information content (AvgIpc) is 2.99. The number of rotatable bonds is 3. The van der Waals surface area contributed by atoms with E-state index in [9.17, 15) is 14.7 Å². The largest absolute Gasteiger partial charge is 0.872 e. The van der Waals surface area contributed by atoms with Crippen molar-refractivity contribution in [1.29, 1.82) is 0 Å². The Hall–Kier alpha value is -5.07. The molecule has 0 saturated carbocycles. The van der Waals surface area contributed by atoms with Gasteiger partial charge in [-0.1, -0.05) is 97.1 Å². The van der Waals surface area contributed by atoms with Crippen LogP contribution in [0.4, 0.5) is 0 Å². The molecule has 0 aromatic heterocycles. The highest BCUT2D eigenvalue weighted by Gasteiger charge is 2.07. The van der Waals surface area contributed by atoms with Crippen molar-refractivity contribution in [2.24, 2.45) is 0 Å². The first-order valence-electron chi connectivity index (χ1n) is 12.8. The van der Waals surface area contributed by atoms with E-state index in [0.29, 0.717) is 8.58 Å². The lowest BCUT2D eigenvalue weighted by molar-refractivity contribution is -0.268. The summed E-state index contributed by atoms with van der Waals surface area (Å²) in [4.78, 5) is 20.8. The van der Waals surface area contributed by atoms with Gasteiger partial charge in [0.25, 0.3) is 0 Å². The molecular formula is C33H35O8P. The molecule has 8 nitrogen and oxygen atoms in total. The maximum atomic E-state index is 10.8. The lowest BCUT2D eigenvalue weighted by Crippen LogP contribution is -2.04. The molecule has 1 unspecified atom stereocenters. The summed E-state index contributed by atoms with van der Waals surface area (Å²) in [5.41, 5.74) is -0.630. The molecule has 0 aliphatic heterocycles. The maximum Gasteiger partial charge on any atom is 0.335 e. The van der Waals surface area contributed by atoms with Crippen molar-refractivity contribution in [3.63, 3.8) is 0 Å². The Labute approximate surface area is 247 Å². The zero-order valence-electron chi connectivity index (χ0n) is 23.1. The first-order chi connectivity index (χ1) is 20.1. The zero-order chi connectivity index (χ0) is 31.2. The van der Waals surface area contributed by atoms with Crippen molar-refractivity contribution >= 4 is 20.5 Å². The number of hydrogen-bond acceptors (Lipinski definition) is 6. The van der Waals surface area contributed by atoms with Crippen LogP contribution in [0.1, 0.15) is 33.6 Å². The van der Waals surface area contributed by atoms with Crippen molar-refractivity contribution in [2.75, 3.05) is 6.66 Å². The molecular weight excluding hydrogens is 555 g/mol. The molecule has 4 aromatic carbocycles. The van der Waals surface area contributed by atoms with Crippen LogP contribution in [0.5, 0.6) is 23.0 Å². The van der Waals surface area contributed by atoms with Gasteiger partial charge in [-0.15, -0.1) is 5.75 Å². The van der Waals surface area contributed by atoms with Gasteiger partial charge in [0.1, 0.15) is 17.2 Å². The number of aromatic hydroxyl groups is 3. The number of phenolic OH excluding ortho intramolecular Hbond substituents is 3. The Kier molecular flexibility index (Phi) is 17.3. The fourth-order valence-corrected chi connectivity index (χ4v) is 3.82. The van der Waals surface area contributed by atoms with Crippen LogP contribution in [0.25, 0.3) is 0 Å². The van der Waals surface area contributed by atoms with E-state index in [1.165, 1.54) is 12.8 Å². The van der Waals surface area contributed by atoms with Crippen molar-refractivity contribution < 1.29 is 40.2 Å². The van der Waals surface area contributed by atoms with Crippen LogP contribution in [-0.4, -0.2) is 44.1 Å². The van der Waals surface area contributed by atoms with Crippen LogP contribution in [0, 0.1) is 0 Å². The van der Waals surface area contributed by atoms with Crippen LogP contribution < -0.4 is 5.11 Å². The van der Waals surface area contributed by atoms with Crippen LogP contribution in [0.3, 0.4) is 0 Å². The molecule has 1 aliphatic rings. The molecule has 0 fully saturated rings. The summed E-state index contributed by atoms with van der Waals surface area (Å²) in [6, 6.07) is 30.1. The first kappa shape index (κ1) is 35.0. The van der Waals surface area contributed by atoms with Gasteiger partial charge in [0, 0.05) is 39.9 Å². The number of aromatic carboxylic acids is 2. The fourth-order valence-electron chi connectivity index (χ4n) is 3.06. The molecule has 0 bridgehead atoms. The van der Waals surface area contributed by atoms with Gasteiger partial charge in [-0.05, 0) is 18.6 Å². The van der Waals surface area contributed by atoms with Gasteiger partial charge in [0.2, 0.25) is 0 Å². The summed E-state index contributed by atoms with van der Waals surface area (Å²) in [5.74, 6) is -3.70. The van der Waals surface area contributed by atoms with Gasteiger partial charge in [0.15, 0.2) is 0 Å². The highest BCUT2D eigenvalue weighted by molar-refractivity contribution is 7.42. The molecule has 1 aliphatic carbocycles. The third kappa shape index (κ3) is 16.8. The van der Waals surface area contributed by atoms with E-state index in [-0.39, 0.29) is 28.4 Å². The smallest absolute Gasteiger partial charge is 0.335 e. The number of allylic oxidation sites excluding steroid dienone is 4. The van der Waals surface area contributed by atoms with Gasteiger partial charge < -0.3 is 30.6 Å². The second-order valence-corrected chi connectivity index (χ2v) is 9.69. The highest BCUT2D eigenvalue weighted by atomic mass is 31.1. The van der Waals surface area contributed by atoms with E-state index in [1.54, 1.807) is 5.31 Å². The summed E-state index contributed by atoms with van der Waals surface area (Å²) in [6.07, 6.45) is 9.27. The molecule has 0 spiro atoms. The van der Waals surface area contributed by atoms with E-state index >= 15 is 0 Å². The third-order valence-corrected chi connectivity index (χ3v) is 6.26. The maximum absolute atomic E-state index is 10.8. The van der Waals surface area contributed by atoms with E-state index in [1.807, 2.05) is 72.8 Å². The van der Waals surface area contributed by atoms with Gasteiger partial charge in [0.05, 0.1) is 16.4 Å². The Morgan fingerprint density at radius 3 is 1.24 bits per heavy atom. The number of phenols is 3. The SMILES string of the molecule is C[PH2+]C1=CC=CCC1.O=C(O)c1cc([O-])cc(C(=O)O)c1.Oc1cc(O)cc(O)c1.c1ccccc1.c1ccccc1.